The smallest absolute Gasteiger partial charge is 0.547 e. The number of carbonyl (C=O) groups excluding carboxylic acids is 3. The van der Waals surface area contributed by atoms with E-state index in [-0.39, 0.29) is 79.3 Å². The van der Waals surface area contributed by atoms with Crippen molar-refractivity contribution in [2.24, 2.45) is 50.2 Å². The van der Waals surface area contributed by atoms with E-state index in [1.54, 1.807) is 0 Å². The minimum Gasteiger partial charge on any atom is -0.547 e. The van der Waals surface area contributed by atoms with Gasteiger partial charge in [0.25, 0.3) is 0 Å². The van der Waals surface area contributed by atoms with Crippen molar-refractivity contribution in [1.82, 2.24) is 0 Å². The first-order valence-electron chi connectivity index (χ1n) is 20.7. The maximum atomic E-state index is 14.8. The van der Waals surface area contributed by atoms with Crippen LogP contribution < -0.4 is 10.2 Å². The normalized spacial score (nSPS) is 48.4. The molecule has 0 aromatic carbocycles. The molecule has 0 amide bonds. The molecule has 6 fully saturated rings. The predicted molar refractivity (Wildman–Crippen MR) is 214 cm³/mol. The Labute approximate surface area is 382 Å². The number of aliphatic hydroxyl groups excluding tert-OH is 5. The molecule has 63 heavy (non-hydrogen) atoms. The van der Waals surface area contributed by atoms with Crippen LogP contribution in [0.15, 0.2) is 11.6 Å². The van der Waals surface area contributed by atoms with Gasteiger partial charge in [0, 0.05) is 5.92 Å². The molecule has 20 nitrogen and oxygen atoms in total. The number of carboxylic acid groups (broad SMARTS) is 3. The Balaban J connectivity index is 0.00000273. The van der Waals surface area contributed by atoms with E-state index in [1.807, 2.05) is 26.8 Å². The van der Waals surface area contributed by atoms with E-state index in [0.29, 0.717) is 38.5 Å². The number of hydrogen-bond acceptors (Lipinski definition) is 15. The summed E-state index contributed by atoms with van der Waals surface area (Å²) in [5.41, 5.74) is -1.89. The number of ketones is 1. The molecular formula is C42H68MgO20. The monoisotopic (exact) mass is 916 g/mol. The Morgan fingerprint density at radius 1 is 0.698 bits per heavy atom. The van der Waals surface area contributed by atoms with Gasteiger partial charge in [0.2, 0.25) is 0 Å². The van der Waals surface area contributed by atoms with Gasteiger partial charge in [-0.1, -0.05) is 47.1 Å². The van der Waals surface area contributed by atoms with Gasteiger partial charge in [-0.3, -0.25) is 9.59 Å². The van der Waals surface area contributed by atoms with Crippen LogP contribution in [0.3, 0.4) is 0 Å². The molecule has 2 aliphatic heterocycles. The number of fused-ring (bicyclic) bond motifs is 7. The fourth-order valence-corrected chi connectivity index (χ4v) is 13.4. The summed E-state index contributed by atoms with van der Waals surface area (Å²) in [6, 6.07) is 0. The van der Waals surface area contributed by atoms with Crippen LogP contribution in [0.4, 0.5) is 0 Å². The fourth-order valence-electron chi connectivity index (χ4n) is 13.4. The third kappa shape index (κ3) is 8.53. The van der Waals surface area contributed by atoms with Crippen molar-refractivity contribution in [3.8, 4) is 0 Å². The Morgan fingerprint density at radius 2 is 1.24 bits per heavy atom. The van der Waals surface area contributed by atoms with E-state index < -0.39 is 107 Å². The zero-order valence-corrected chi connectivity index (χ0v) is 38.4. The minimum absolute atomic E-state index is 0. The summed E-state index contributed by atoms with van der Waals surface area (Å²) >= 11 is 0. The molecule has 19 atom stereocenters. The molecule has 0 unspecified atom stereocenters. The standard InChI is InChI=1S/C42H62O16.Mg.4H2O/c1-37(2)21-8-11-42(7)31(20(43)16-18-19-17-39(4,36(53)54)13-12-38(19,3)14-15-41(18,42)6)40(21,5)10-9-22(37)55-35-30(26(47)25(46)29(57-35)33(51)52)58-34-27(48)23(44)24(45)28(56-34)32(49)50;;;;;/h16,19,21-31,34-35,44-48H,8-15,17H2,1-7H3,(H,49,50)(H,51,52)(H,53,54);;4*1H2/q;+2;;;;/p-2/t19-,21-,22-,23-,24-,25-,26-,27+,28-,29-,30+,31+,34-,35-,38+,39-,40-,41+,42+;;;;;/m0...../s1. The number of hydrogen-bond donors (Lipinski definition) is 6. The number of carboxylic acids is 3. The summed E-state index contributed by atoms with van der Waals surface area (Å²) in [5.74, 6) is -5.04. The van der Waals surface area contributed by atoms with Crippen molar-refractivity contribution in [2.45, 2.75) is 174 Å². The summed E-state index contributed by atoms with van der Waals surface area (Å²) < 4.78 is 23.1. The molecule has 14 N–H and O–H groups in total. The van der Waals surface area contributed by atoms with Gasteiger partial charge in [0.15, 0.2) is 18.4 Å². The first-order chi connectivity index (χ1) is 26.8. The molecule has 2 saturated heterocycles. The summed E-state index contributed by atoms with van der Waals surface area (Å²) in [7, 11) is 0. The van der Waals surface area contributed by atoms with Crippen LogP contribution in [0.25, 0.3) is 0 Å². The van der Waals surface area contributed by atoms with Gasteiger partial charge in [-0.2, -0.15) is 0 Å². The fraction of sp³-hybridized carbons (Fsp3) is 0.857. The molecule has 4 saturated carbocycles. The minimum atomic E-state index is -2.15. The van der Waals surface area contributed by atoms with E-state index in [0.717, 1.165) is 24.8 Å². The molecule has 7 aliphatic rings. The largest absolute Gasteiger partial charge is 2.00 e. The van der Waals surface area contributed by atoms with Gasteiger partial charge >= 0.3 is 29.0 Å². The van der Waals surface area contributed by atoms with Crippen molar-refractivity contribution in [2.75, 3.05) is 0 Å². The summed E-state index contributed by atoms with van der Waals surface area (Å²) in [4.78, 5) is 51.1. The third-order valence-electron chi connectivity index (χ3n) is 17.2. The van der Waals surface area contributed by atoms with Gasteiger partial charge in [-0.25, -0.2) is 0 Å². The molecule has 0 radical (unpaired) electrons. The SMILES string of the molecule is CC1(C)[C@@H](O[C@H]2O[C@H](C(=O)[O-])[C@@H](O)[C@H](O)[C@H]2O[C@@H]2O[C@H](C(=O)[O-])[C@@H](O)[C@H](O)[C@H]2O)CC[C@]2(C)[C@H]3C(=O)C=C4[C@@H]5C[C@@](C)(C(=O)O)CC[C@]5(C)CC[C@@]4(C)[C@]3(C)CC[C@@H]12.O.O.O.O.[Mg+2]. The third-order valence-corrected chi connectivity index (χ3v) is 17.2. The van der Waals surface area contributed by atoms with Crippen molar-refractivity contribution in [3.05, 3.63) is 11.6 Å². The molecule has 21 heteroatoms. The summed E-state index contributed by atoms with van der Waals surface area (Å²) in [6.45, 7) is 14.8. The van der Waals surface area contributed by atoms with E-state index in [4.69, 9.17) is 18.9 Å². The molecule has 5 aliphatic carbocycles. The second-order valence-corrected chi connectivity index (χ2v) is 20.6. The molecule has 0 aromatic heterocycles. The van der Waals surface area contributed by atoms with E-state index in [1.165, 1.54) is 0 Å². The maximum absolute atomic E-state index is 14.8. The van der Waals surface area contributed by atoms with Crippen LogP contribution in [0.5, 0.6) is 0 Å². The van der Waals surface area contributed by atoms with Crippen LogP contribution >= 0.6 is 0 Å². The second kappa shape index (κ2) is 19.0. The Bertz CT molecular complexity index is 1750. The number of rotatable bonds is 7. The van der Waals surface area contributed by atoms with Crippen molar-refractivity contribution >= 4 is 46.7 Å². The number of ether oxygens (including phenoxy) is 4. The molecule has 0 spiro atoms. The molecule has 2 heterocycles. The van der Waals surface area contributed by atoms with Crippen LogP contribution in [-0.2, 0) is 38.1 Å². The Kier molecular flexibility index (Phi) is 17.2. The molecule has 0 bridgehead atoms. The zero-order valence-electron chi connectivity index (χ0n) is 37.0. The van der Waals surface area contributed by atoms with E-state index in [2.05, 4.69) is 27.7 Å². The maximum Gasteiger partial charge on any atom is 2.00 e. The van der Waals surface area contributed by atoms with Crippen LogP contribution in [0.1, 0.15) is 106 Å². The predicted octanol–water partition coefficient (Wildman–Crippen LogP) is -4.10. The van der Waals surface area contributed by atoms with Crippen molar-refractivity contribution in [3.63, 3.8) is 0 Å². The average molecular weight is 917 g/mol. The van der Waals surface area contributed by atoms with Gasteiger partial charge in [0.05, 0.1) is 23.5 Å². The molecular weight excluding hydrogens is 849 g/mol. The Hall–Kier alpha value is -1.93. The van der Waals surface area contributed by atoms with E-state index in [9.17, 15) is 60.0 Å². The second-order valence-electron chi connectivity index (χ2n) is 20.6. The number of carbonyl (C=O) groups is 4. The quantitative estimate of drug-likeness (QED) is 0.104. The molecule has 358 valence electrons. The summed E-state index contributed by atoms with van der Waals surface area (Å²) in [5, 5.41) is 87.1. The van der Waals surface area contributed by atoms with Gasteiger partial charge in [-0.15, -0.1) is 0 Å². The molecule has 7 rings (SSSR count). The number of aliphatic carboxylic acids is 3. The van der Waals surface area contributed by atoms with Crippen molar-refractivity contribution < 1.29 is 101 Å². The van der Waals surface area contributed by atoms with Gasteiger partial charge < -0.3 is 91.3 Å². The van der Waals surface area contributed by atoms with E-state index >= 15 is 0 Å². The molecule has 0 aromatic rings. The Morgan fingerprint density at radius 3 is 1.79 bits per heavy atom. The average Bonchev–Trinajstić information content (AvgIpc) is 3.13. The topological polar surface area (TPSA) is 399 Å². The van der Waals surface area contributed by atoms with Crippen LogP contribution in [-0.4, -0.2) is 167 Å². The van der Waals surface area contributed by atoms with Gasteiger partial charge in [0.1, 0.15) is 48.8 Å². The first kappa shape index (κ1) is 57.2. The van der Waals surface area contributed by atoms with Crippen LogP contribution in [0, 0.1) is 50.2 Å². The number of allylic oxidation sites excluding steroid dienone is 2. The van der Waals surface area contributed by atoms with Crippen LogP contribution in [0.2, 0.25) is 0 Å². The first-order valence-corrected chi connectivity index (χ1v) is 20.7. The summed E-state index contributed by atoms with van der Waals surface area (Å²) in [6.07, 6.45) is -13.1. The van der Waals surface area contributed by atoms with Gasteiger partial charge in [-0.05, 0) is 110 Å². The number of aliphatic hydroxyl groups is 5. The zero-order chi connectivity index (χ0) is 42.9. The van der Waals surface area contributed by atoms with Crippen molar-refractivity contribution in [1.29, 1.82) is 0 Å².